The smallest absolute Gasteiger partial charge is 0.230 e. The van der Waals surface area contributed by atoms with Crippen molar-refractivity contribution in [2.24, 2.45) is 18.4 Å². The van der Waals surface area contributed by atoms with Crippen molar-refractivity contribution in [1.29, 1.82) is 0 Å². The van der Waals surface area contributed by atoms with Gasteiger partial charge in [-0.15, -0.1) is 0 Å². The second-order valence-corrected chi connectivity index (χ2v) is 9.37. The molecule has 1 unspecified atom stereocenters. The first-order valence-corrected chi connectivity index (χ1v) is 11.0. The summed E-state index contributed by atoms with van der Waals surface area (Å²) in [6, 6.07) is 10.3. The maximum atomic E-state index is 13.4. The van der Waals surface area contributed by atoms with Gasteiger partial charge >= 0.3 is 0 Å². The minimum Gasteiger partial charge on any atom is -0.342 e. The van der Waals surface area contributed by atoms with Crippen molar-refractivity contribution in [1.82, 2.24) is 19.4 Å². The van der Waals surface area contributed by atoms with Crippen LogP contribution in [0.15, 0.2) is 42.7 Å². The van der Waals surface area contributed by atoms with E-state index < -0.39 is 0 Å². The standard InChI is InChI=1S/C24H34N4O/c1-19(2)22(20-7-5-4-6-8-20)23(29)28-15-11-24(18-28)9-13-27(14-10-24)17-21-25-12-16-26(21)3/h4-8,12,16,19,22H,9-11,13-15,17-18H2,1-3H3. The van der Waals surface area contributed by atoms with Gasteiger partial charge in [0.2, 0.25) is 5.91 Å². The van der Waals surface area contributed by atoms with Crippen LogP contribution in [0.2, 0.25) is 0 Å². The Bertz CT molecular complexity index is 820. The van der Waals surface area contributed by atoms with Gasteiger partial charge in [0.15, 0.2) is 0 Å². The molecule has 1 atom stereocenters. The van der Waals surface area contributed by atoms with Crippen LogP contribution in [0.4, 0.5) is 0 Å². The molecule has 1 amide bonds. The van der Waals surface area contributed by atoms with E-state index in [9.17, 15) is 4.79 Å². The van der Waals surface area contributed by atoms with Crippen molar-refractivity contribution in [3.8, 4) is 0 Å². The normalized spacial score (nSPS) is 20.5. The van der Waals surface area contributed by atoms with Gasteiger partial charge in [-0.25, -0.2) is 4.98 Å². The molecule has 0 aliphatic carbocycles. The van der Waals surface area contributed by atoms with Crippen LogP contribution in [0.5, 0.6) is 0 Å². The monoisotopic (exact) mass is 394 g/mol. The van der Waals surface area contributed by atoms with Crippen LogP contribution in [-0.4, -0.2) is 51.4 Å². The Morgan fingerprint density at radius 2 is 1.79 bits per heavy atom. The fourth-order valence-corrected chi connectivity index (χ4v) is 5.14. The van der Waals surface area contributed by atoms with Crippen molar-refractivity contribution in [2.45, 2.75) is 45.6 Å². The fraction of sp³-hybridized carbons (Fsp3) is 0.583. The Balaban J connectivity index is 1.37. The Morgan fingerprint density at radius 1 is 1.10 bits per heavy atom. The number of nitrogens with zero attached hydrogens (tertiary/aromatic N) is 4. The second-order valence-electron chi connectivity index (χ2n) is 9.37. The van der Waals surface area contributed by atoms with Crippen LogP contribution in [0.3, 0.4) is 0 Å². The lowest BCUT2D eigenvalue weighted by atomic mass is 9.77. The maximum absolute atomic E-state index is 13.4. The predicted molar refractivity (Wildman–Crippen MR) is 115 cm³/mol. The largest absolute Gasteiger partial charge is 0.342 e. The van der Waals surface area contributed by atoms with E-state index >= 15 is 0 Å². The molecule has 1 spiro atoms. The zero-order chi connectivity index (χ0) is 20.4. The number of hydrogen-bond acceptors (Lipinski definition) is 3. The van der Waals surface area contributed by atoms with Crippen molar-refractivity contribution in [3.63, 3.8) is 0 Å². The van der Waals surface area contributed by atoms with E-state index in [0.29, 0.717) is 17.2 Å². The molecule has 2 aliphatic heterocycles. The third-order valence-corrected chi connectivity index (χ3v) is 7.04. The molecule has 0 saturated carbocycles. The first-order chi connectivity index (χ1) is 14.0. The molecule has 2 aliphatic rings. The number of carbonyl (C=O) groups is 1. The molecule has 4 rings (SSSR count). The predicted octanol–water partition coefficient (Wildman–Crippen LogP) is 3.67. The van der Waals surface area contributed by atoms with Crippen LogP contribution >= 0.6 is 0 Å². The number of aryl methyl sites for hydroxylation is 1. The molecule has 1 aromatic carbocycles. The van der Waals surface area contributed by atoms with E-state index in [4.69, 9.17) is 0 Å². The molecule has 1 aromatic heterocycles. The molecule has 0 N–H and O–H groups in total. The molecule has 156 valence electrons. The molecular formula is C24H34N4O. The molecule has 2 aromatic rings. The van der Waals surface area contributed by atoms with Gasteiger partial charge < -0.3 is 9.47 Å². The summed E-state index contributed by atoms with van der Waals surface area (Å²) >= 11 is 0. The number of aromatic nitrogens is 2. The lowest BCUT2D eigenvalue weighted by Gasteiger charge is -2.39. The van der Waals surface area contributed by atoms with E-state index in [0.717, 1.165) is 50.5 Å². The van der Waals surface area contributed by atoms with Crippen molar-refractivity contribution < 1.29 is 4.79 Å². The zero-order valence-electron chi connectivity index (χ0n) is 18.1. The molecule has 0 radical (unpaired) electrons. The number of benzene rings is 1. The van der Waals surface area contributed by atoms with Crippen LogP contribution < -0.4 is 0 Å². The molecule has 2 saturated heterocycles. The Kier molecular flexibility index (Phi) is 5.77. The number of rotatable bonds is 5. The summed E-state index contributed by atoms with van der Waals surface area (Å²) in [6.45, 7) is 9.29. The maximum Gasteiger partial charge on any atom is 0.230 e. The summed E-state index contributed by atoms with van der Waals surface area (Å²) < 4.78 is 2.11. The first kappa shape index (κ1) is 20.1. The molecule has 5 nitrogen and oxygen atoms in total. The molecule has 29 heavy (non-hydrogen) atoms. The lowest BCUT2D eigenvalue weighted by molar-refractivity contribution is -0.133. The zero-order valence-corrected chi connectivity index (χ0v) is 18.1. The molecule has 3 heterocycles. The van der Waals surface area contributed by atoms with E-state index in [1.807, 2.05) is 30.6 Å². The summed E-state index contributed by atoms with van der Waals surface area (Å²) in [7, 11) is 2.06. The number of piperidine rings is 1. The van der Waals surface area contributed by atoms with E-state index in [-0.39, 0.29) is 5.92 Å². The second kappa shape index (κ2) is 8.31. The Labute approximate surface area is 174 Å². The number of carbonyl (C=O) groups excluding carboxylic acids is 1. The Hall–Kier alpha value is -2.14. The number of likely N-dealkylation sites (tertiary alicyclic amines) is 2. The highest BCUT2D eigenvalue weighted by molar-refractivity contribution is 5.84. The van der Waals surface area contributed by atoms with Gasteiger partial charge in [0.05, 0.1) is 12.5 Å². The summed E-state index contributed by atoms with van der Waals surface area (Å²) in [5, 5.41) is 0. The molecular weight excluding hydrogens is 360 g/mol. The van der Waals surface area contributed by atoms with Gasteiger partial charge in [-0.05, 0) is 49.2 Å². The fourth-order valence-electron chi connectivity index (χ4n) is 5.14. The number of hydrogen-bond donors (Lipinski definition) is 0. The van der Waals surface area contributed by atoms with Crippen molar-refractivity contribution >= 4 is 5.91 Å². The van der Waals surface area contributed by atoms with Crippen molar-refractivity contribution in [2.75, 3.05) is 26.2 Å². The quantitative estimate of drug-likeness (QED) is 0.777. The number of amides is 1. The van der Waals surface area contributed by atoms with Gasteiger partial charge in [0.1, 0.15) is 5.82 Å². The van der Waals surface area contributed by atoms with Gasteiger partial charge in [-0.1, -0.05) is 44.2 Å². The Morgan fingerprint density at radius 3 is 2.41 bits per heavy atom. The van der Waals surface area contributed by atoms with Gasteiger partial charge in [0.25, 0.3) is 0 Å². The first-order valence-electron chi connectivity index (χ1n) is 11.0. The minimum atomic E-state index is -0.0325. The molecule has 0 bridgehead atoms. The van der Waals surface area contributed by atoms with E-state index in [1.54, 1.807) is 0 Å². The summed E-state index contributed by atoms with van der Waals surface area (Å²) in [6.07, 6.45) is 7.39. The number of imidazole rings is 1. The summed E-state index contributed by atoms with van der Waals surface area (Å²) in [5.41, 5.74) is 1.46. The third kappa shape index (κ3) is 4.25. The highest BCUT2D eigenvalue weighted by Crippen LogP contribution is 2.42. The lowest BCUT2D eigenvalue weighted by Crippen LogP contribution is -2.43. The highest BCUT2D eigenvalue weighted by Gasteiger charge is 2.43. The summed E-state index contributed by atoms with van der Waals surface area (Å²) in [4.78, 5) is 22.6. The average Bonchev–Trinajstić information content (AvgIpc) is 3.31. The minimum absolute atomic E-state index is 0.0325. The van der Waals surface area contributed by atoms with E-state index in [1.165, 1.54) is 12.8 Å². The van der Waals surface area contributed by atoms with Crippen molar-refractivity contribution in [3.05, 3.63) is 54.1 Å². The van der Waals surface area contributed by atoms with Crippen LogP contribution in [0, 0.1) is 11.3 Å². The van der Waals surface area contributed by atoms with Crippen LogP contribution in [-0.2, 0) is 18.4 Å². The van der Waals surface area contributed by atoms with Gasteiger partial charge in [0, 0.05) is 32.5 Å². The van der Waals surface area contributed by atoms with Crippen LogP contribution in [0.25, 0.3) is 0 Å². The van der Waals surface area contributed by atoms with Gasteiger partial charge in [-0.2, -0.15) is 0 Å². The third-order valence-electron chi connectivity index (χ3n) is 7.04. The van der Waals surface area contributed by atoms with Gasteiger partial charge in [-0.3, -0.25) is 9.69 Å². The highest BCUT2D eigenvalue weighted by atomic mass is 16.2. The summed E-state index contributed by atoms with van der Waals surface area (Å²) in [5.74, 6) is 1.72. The van der Waals surface area contributed by atoms with Crippen LogP contribution in [0.1, 0.15) is 50.4 Å². The molecule has 2 fully saturated rings. The topological polar surface area (TPSA) is 41.4 Å². The van der Waals surface area contributed by atoms with E-state index in [2.05, 4.69) is 52.4 Å². The SMILES string of the molecule is CC(C)C(C(=O)N1CCC2(CCN(Cc3nccn3C)CC2)C1)c1ccccc1. The average molecular weight is 395 g/mol. The molecule has 5 heteroatoms.